The van der Waals surface area contributed by atoms with Gasteiger partial charge in [-0.15, -0.1) is 0 Å². The smallest absolute Gasteiger partial charge is 0.00753 e. The van der Waals surface area contributed by atoms with E-state index in [0.717, 1.165) is 11.8 Å². The predicted octanol–water partition coefficient (Wildman–Crippen LogP) is 5.49. The fourth-order valence-electron chi connectivity index (χ4n) is 3.51. The van der Waals surface area contributed by atoms with Crippen LogP contribution in [-0.2, 0) is 5.41 Å². The highest BCUT2D eigenvalue weighted by atomic mass is 14.4. The number of hydrogen-bond donors (Lipinski definition) is 0. The minimum atomic E-state index is 0.340. The van der Waals surface area contributed by atoms with Gasteiger partial charge in [-0.2, -0.15) is 0 Å². The molecule has 18 heavy (non-hydrogen) atoms. The maximum Gasteiger partial charge on any atom is -0.00753 e. The molecule has 100 valence electrons. The molecule has 0 bridgehead atoms. The highest BCUT2D eigenvalue weighted by Gasteiger charge is 2.33. The fraction of sp³-hybridized carbons (Fsp3) is 0.667. The first-order valence-corrected chi connectivity index (χ1v) is 7.61. The van der Waals surface area contributed by atoms with Gasteiger partial charge in [0.1, 0.15) is 0 Å². The predicted molar refractivity (Wildman–Crippen MR) is 79.9 cm³/mol. The molecular weight excluding hydrogens is 216 g/mol. The van der Waals surface area contributed by atoms with E-state index in [1.54, 1.807) is 0 Å². The van der Waals surface area contributed by atoms with E-state index in [1.165, 1.54) is 43.2 Å². The highest BCUT2D eigenvalue weighted by molar-refractivity contribution is 5.28. The Morgan fingerprint density at radius 3 is 2.06 bits per heavy atom. The summed E-state index contributed by atoms with van der Waals surface area (Å²) in [5.41, 5.74) is 3.23. The minimum Gasteiger partial charge on any atom is -0.0651 e. The first-order valence-electron chi connectivity index (χ1n) is 7.61. The Morgan fingerprint density at radius 2 is 1.56 bits per heavy atom. The molecule has 1 aliphatic carbocycles. The van der Waals surface area contributed by atoms with Gasteiger partial charge in [0, 0.05) is 0 Å². The second-order valence-electron chi connectivity index (χ2n) is 6.71. The molecule has 0 unspecified atom stereocenters. The third-order valence-electron chi connectivity index (χ3n) is 5.24. The highest BCUT2D eigenvalue weighted by Crippen LogP contribution is 2.42. The number of benzene rings is 1. The Morgan fingerprint density at radius 1 is 1.00 bits per heavy atom. The van der Waals surface area contributed by atoms with E-state index in [0.29, 0.717) is 5.41 Å². The van der Waals surface area contributed by atoms with Crippen LogP contribution in [0.4, 0.5) is 0 Å². The van der Waals surface area contributed by atoms with Crippen molar-refractivity contribution in [1.29, 1.82) is 0 Å². The van der Waals surface area contributed by atoms with Gasteiger partial charge >= 0.3 is 0 Å². The topological polar surface area (TPSA) is 0 Å². The normalized spacial score (nSPS) is 25.1. The van der Waals surface area contributed by atoms with E-state index < -0.39 is 0 Å². The molecule has 1 aromatic rings. The van der Waals surface area contributed by atoms with Gasteiger partial charge < -0.3 is 0 Å². The van der Waals surface area contributed by atoms with E-state index in [9.17, 15) is 0 Å². The van der Waals surface area contributed by atoms with Crippen molar-refractivity contribution in [2.24, 2.45) is 11.8 Å². The van der Waals surface area contributed by atoms with Gasteiger partial charge in [0.15, 0.2) is 0 Å². The Labute approximate surface area is 113 Å². The maximum absolute atomic E-state index is 2.44. The van der Waals surface area contributed by atoms with Crippen LogP contribution in [0, 0.1) is 18.8 Å². The van der Waals surface area contributed by atoms with Crippen LogP contribution in [0.15, 0.2) is 24.3 Å². The lowest BCUT2D eigenvalue weighted by Crippen LogP contribution is -2.32. The molecule has 0 heteroatoms. The van der Waals surface area contributed by atoms with Crippen LogP contribution in [-0.4, -0.2) is 0 Å². The molecule has 1 fully saturated rings. The first-order chi connectivity index (χ1) is 8.54. The third-order valence-corrected chi connectivity index (χ3v) is 5.24. The van der Waals surface area contributed by atoms with Crippen LogP contribution < -0.4 is 0 Å². The monoisotopic (exact) mass is 244 g/mol. The lowest BCUT2D eigenvalue weighted by atomic mass is 9.65. The van der Waals surface area contributed by atoms with Crippen LogP contribution in [0.3, 0.4) is 0 Å². The van der Waals surface area contributed by atoms with Crippen molar-refractivity contribution in [3.05, 3.63) is 35.4 Å². The summed E-state index contributed by atoms with van der Waals surface area (Å²) < 4.78 is 0. The second-order valence-corrected chi connectivity index (χ2v) is 6.71. The van der Waals surface area contributed by atoms with E-state index in [4.69, 9.17) is 0 Å². The summed E-state index contributed by atoms with van der Waals surface area (Å²) in [6, 6.07) is 9.19. The molecule has 0 radical (unpaired) electrons. The van der Waals surface area contributed by atoms with Crippen LogP contribution >= 0.6 is 0 Å². The molecule has 1 saturated carbocycles. The van der Waals surface area contributed by atoms with Gasteiger partial charge in [0.2, 0.25) is 0 Å². The second kappa shape index (κ2) is 5.47. The van der Waals surface area contributed by atoms with Crippen molar-refractivity contribution < 1.29 is 0 Å². The average Bonchev–Trinajstić information content (AvgIpc) is 2.39. The van der Waals surface area contributed by atoms with Crippen molar-refractivity contribution >= 4 is 0 Å². The van der Waals surface area contributed by atoms with Crippen LogP contribution in [0.2, 0.25) is 0 Å². The molecule has 2 rings (SSSR count). The van der Waals surface area contributed by atoms with Gasteiger partial charge in [-0.1, -0.05) is 69.9 Å². The summed E-state index contributed by atoms with van der Waals surface area (Å²) in [7, 11) is 0. The standard InChI is InChI=1S/C18H28/c1-5-15-8-12-17(13-9-15)18(3,4)16-10-6-14(2)7-11-16/h6-7,10-11,15,17H,5,8-9,12-13H2,1-4H3. The lowest BCUT2D eigenvalue weighted by Gasteiger charge is -2.39. The quantitative estimate of drug-likeness (QED) is 0.659. The molecule has 0 aliphatic heterocycles. The number of hydrogen-bond acceptors (Lipinski definition) is 0. The van der Waals surface area contributed by atoms with E-state index in [-0.39, 0.29) is 0 Å². The Balaban J connectivity index is 2.09. The molecule has 0 N–H and O–H groups in total. The van der Waals surface area contributed by atoms with Crippen molar-refractivity contribution in [2.45, 2.75) is 65.2 Å². The van der Waals surface area contributed by atoms with E-state index in [2.05, 4.69) is 52.0 Å². The summed E-state index contributed by atoms with van der Waals surface area (Å²) in [4.78, 5) is 0. The molecule has 0 amide bonds. The van der Waals surface area contributed by atoms with Crippen LogP contribution in [0.1, 0.15) is 64.0 Å². The Kier molecular flexibility index (Phi) is 4.14. The molecule has 1 aromatic carbocycles. The van der Waals surface area contributed by atoms with Gasteiger partial charge in [0.05, 0.1) is 0 Å². The fourth-order valence-corrected chi connectivity index (χ4v) is 3.51. The molecule has 0 aromatic heterocycles. The molecular formula is C18H28. The van der Waals surface area contributed by atoms with Crippen molar-refractivity contribution in [1.82, 2.24) is 0 Å². The van der Waals surface area contributed by atoms with Gasteiger partial charge in [0.25, 0.3) is 0 Å². The molecule has 0 atom stereocenters. The van der Waals surface area contributed by atoms with E-state index in [1.807, 2.05) is 0 Å². The Hall–Kier alpha value is -0.780. The van der Waals surface area contributed by atoms with Crippen LogP contribution in [0.5, 0.6) is 0 Å². The largest absolute Gasteiger partial charge is 0.0651 e. The molecule has 0 nitrogen and oxygen atoms in total. The van der Waals surface area contributed by atoms with Gasteiger partial charge in [-0.05, 0) is 42.6 Å². The lowest BCUT2D eigenvalue weighted by molar-refractivity contribution is 0.191. The summed E-state index contributed by atoms with van der Waals surface area (Å²) in [5, 5.41) is 0. The zero-order valence-corrected chi connectivity index (χ0v) is 12.5. The zero-order valence-electron chi connectivity index (χ0n) is 12.5. The maximum atomic E-state index is 2.44. The molecule has 0 spiro atoms. The summed E-state index contributed by atoms with van der Waals surface area (Å²) >= 11 is 0. The van der Waals surface area contributed by atoms with E-state index >= 15 is 0 Å². The minimum absolute atomic E-state index is 0.340. The van der Waals surface area contributed by atoms with Crippen LogP contribution in [0.25, 0.3) is 0 Å². The summed E-state index contributed by atoms with van der Waals surface area (Å²) in [5.74, 6) is 1.86. The van der Waals surface area contributed by atoms with Gasteiger partial charge in [-0.3, -0.25) is 0 Å². The zero-order chi connectivity index (χ0) is 13.2. The molecule has 0 heterocycles. The molecule has 0 saturated heterocycles. The van der Waals surface area contributed by atoms with Gasteiger partial charge in [-0.25, -0.2) is 0 Å². The summed E-state index contributed by atoms with van der Waals surface area (Å²) in [6.45, 7) is 9.39. The first kappa shape index (κ1) is 13.6. The number of rotatable bonds is 3. The third kappa shape index (κ3) is 2.79. The molecule has 1 aliphatic rings. The SMILES string of the molecule is CCC1CCC(C(C)(C)c2ccc(C)cc2)CC1. The van der Waals surface area contributed by atoms with Crippen molar-refractivity contribution in [3.63, 3.8) is 0 Å². The summed E-state index contributed by atoms with van der Waals surface area (Å²) in [6.07, 6.45) is 7.09. The number of aryl methyl sites for hydroxylation is 1. The Bertz CT molecular complexity index is 364. The van der Waals surface area contributed by atoms with Crippen molar-refractivity contribution in [2.75, 3.05) is 0 Å². The average molecular weight is 244 g/mol. The van der Waals surface area contributed by atoms with Crippen molar-refractivity contribution in [3.8, 4) is 0 Å².